The van der Waals surface area contributed by atoms with E-state index in [1.807, 2.05) is 0 Å². The SMILES string of the molecule is C=C(C)C(=O)OCCOc1c(F)c(F)c(NS(=O)(=O)C(F)(F)F)c(F)c1F. The second-order valence-corrected chi connectivity index (χ2v) is 6.45. The summed E-state index contributed by atoms with van der Waals surface area (Å²) in [6.07, 6.45) is 0. The molecule has 152 valence electrons. The molecule has 1 N–H and O–H groups in total. The van der Waals surface area contributed by atoms with Gasteiger partial charge in [-0.05, 0) is 6.92 Å². The molecule has 0 aliphatic carbocycles. The van der Waals surface area contributed by atoms with Crippen LogP contribution in [0, 0.1) is 23.3 Å². The van der Waals surface area contributed by atoms with Crippen molar-refractivity contribution in [3.8, 4) is 5.75 Å². The molecule has 0 aromatic heterocycles. The first-order chi connectivity index (χ1) is 12.2. The number of carbonyl (C=O) groups excluding carboxylic acids is 1. The Hall–Kier alpha value is -2.51. The van der Waals surface area contributed by atoms with E-state index >= 15 is 0 Å². The number of anilines is 1. The molecule has 1 rings (SSSR count). The van der Waals surface area contributed by atoms with Crippen molar-refractivity contribution in [2.24, 2.45) is 0 Å². The van der Waals surface area contributed by atoms with Crippen LogP contribution in [0.15, 0.2) is 12.2 Å². The van der Waals surface area contributed by atoms with Gasteiger partial charge in [-0.25, -0.2) is 13.6 Å². The Bertz CT molecular complexity index is 838. The van der Waals surface area contributed by atoms with Gasteiger partial charge in [-0.3, -0.25) is 4.72 Å². The number of halogens is 7. The van der Waals surface area contributed by atoms with Crippen molar-refractivity contribution in [2.75, 3.05) is 17.9 Å². The van der Waals surface area contributed by atoms with Crippen LogP contribution in [0.3, 0.4) is 0 Å². The fraction of sp³-hybridized carbons (Fsp3) is 0.308. The zero-order chi connectivity index (χ0) is 21.2. The maximum atomic E-state index is 13.7. The minimum absolute atomic E-state index is 0.0225. The summed E-state index contributed by atoms with van der Waals surface area (Å²) < 4.78 is 123. The van der Waals surface area contributed by atoms with Gasteiger partial charge in [0.05, 0.1) is 0 Å². The van der Waals surface area contributed by atoms with E-state index in [1.165, 1.54) is 6.92 Å². The maximum absolute atomic E-state index is 13.7. The van der Waals surface area contributed by atoms with Crippen LogP contribution in [0.25, 0.3) is 0 Å². The molecule has 0 heterocycles. The second kappa shape index (κ2) is 8.02. The number of hydrogen-bond donors (Lipinski definition) is 1. The fourth-order valence-electron chi connectivity index (χ4n) is 1.42. The summed E-state index contributed by atoms with van der Waals surface area (Å²) in [4.78, 5) is 11.1. The van der Waals surface area contributed by atoms with E-state index in [0.717, 1.165) is 0 Å². The topological polar surface area (TPSA) is 81.7 Å². The standard InChI is InChI=1S/C13H10F7NO5S/c1-5(2)12(22)26-4-3-25-11-8(16)6(14)10(7(15)9(11)17)21-27(23,24)13(18,19)20/h21H,1,3-4H2,2H3. The van der Waals surface area contributed by atoms with Crippen molar-refractivity contribution in [1.82, 2.24) is 0 Å². The number of alkyl halides is 3. The summed E-state index contributed by atoms with van der Waals surface area (Å²) in [7, 11) is -6.35. The Morgan fingerprint density at radius 2 is 1.52 bits per heavy atom. The predicted molar refractivity (Wildman–Crippen MR) is 76.1 cm³/mol. The molecule has 14 heteroatoms. The lowest BCUT2D eigenvalue weighted by molar-refractivity contribution is -0.139. The van der Waals surface area contributed by atoms with Crippen LogP contribution >= 0.6 is 0 Å². The molecule has 0 amide bonds. The Kier molecular flexibility index (Phi) is 6.69. The number of ether oxygens (including phenoxy) is 2. The second-order valence-electron chi connectivity index (χ2n) is 4.78. The molecule has 0 aliphatic rings. The molecule has 6 nitrogen and oxygen atoms in total. The molecule has 0 spiro atoms. The minimum atomic E-state index is -6.35. The summed E-state index contributed by atoms with van der Waals surface area (Å²) in [5.41, 5.74) is -8.24. The van der Waals surface area contributed by atoms with E-state index in [0.29, 0.717) is 4.72 Å². The lowest BCUT2D eigenvalue weighted by atomic mass is 10.2. The molecule has 27 heavy (non-hydrogen) atoms. The molecule has 1 aromatic carbocycles. The molecule has 0 saturated heterocycles. The average molecular weight is 425 g/mol. The third-order valence-electron chi connectivity index (χ3n) is 2.68. The molecule has 0 fully saturated rings. The molecule has 0 bridgehead atoms. The largest absolute Gasteiger partial charge is 0.516 e. The van der Waals surface area contributed by atoms with Gasteiger partial charge in [-0.15, -0.1) is 0 Å². The van der Waals surface area contributed by atoms with E-state index < -0.39 is 69.4 Å². The first-order valence-electron chi connectivity index (χ1n) is 6.61. The van der Waals surface area contributed by atoms with Gasteiger partial charge in [0.2, 0.25) is 11.6 Å². The van der Waals surface area contributed by atoms with E-state index in [4.69, 9.17) is 0 Å². The lowest BCUT2D eigenvalue weighted by Crippen LogP contribution is -2.31. The van der Waals surface area contributed by atoms with Gasteiger partial charge in [0, 0.05) is 5.57 Å². The fourth-order valence-corrected chi connectivity index (χ4v) is 1.99. The van der Waals surface area contributed by atoms with Crippen LogP contribution in [0.1, 0.15) is 6.92 Å². The molecular weight excluding hydrogens is 415 g/mol. The molecule has 0 radical (unpaired) electrons. The predicted octanol–water partition coefficient (Wildman–Crippen LogP) is 3.00. The van der Waals surface area contributed by atoms with E-state index in [-0.39, 0.29) is 5.57 Å². The molecule has 0 atom stereocenters. The number of hydrogen-bond acceptors (Lipinski definition) is 5. The Morgan fingerprint density at radius 3 is 1.93 bits per heavy atom. The van der Waals surface area contributed by atoms with Crippen LogP contribution in [0.2, 0.25) is 0 Å². The van der Waals surface area contributed by atoms with Gasteiger partial charge in [0.15, 0.2) is 17.4 Å². The highest BCUT2D eigenvalue weighted by molar-refractivity contribution is 7.93. The van der Waals surface area contributed by atoms with Gasteiger partial charge in [0.25, 0.3) is 0 Å². The Morgan fingerprint density at radius 1 is 1.04 bits per heavy atom. The molecule has 0 aliphatic heterocycles. The number of carbonyl (C=O) groups is 1. The van der Waals surface area contributed by atoms with Crippen molar-refractivity contribution in [2.45, 2.75) is 12.4 Å². The number of rotatable bonds is 7. The highest BCUT2D eigenvalue weighted by atomic mass is 32.2. The smallest absolute Gasteiger partial charge is 0.484 e. The molecule has 0 unspecified atom stereocenters. The number of nitrogens with one attached hydrogen (secondary N) is 1. The summed E-state index contributed by atoms with van der Waals surface area (Å²) in [6.45, 7) is 3.11. The zero-order valence-corrected chi connectivity index (χ0v) is 14.0. The minimum Gasteiger partial charge on any atom is -0.484 e. The van der Waals surface area contributed by atoms with Crippen molar-refractivity contribution in [3.05, 3.63) is 35.4 Å². The van der Waals surface area contributed by atoms with Crippen molar-refractivity contribution in [1.29, 1.82) is 0 Å². The van der Waals surface area contributed by atoms with E-state index in [1.54, 1.807) is 0 Å². The Labute approximate surface area is 147 Å². The monoisotopic (exact) mass is 425 g/mol. The maximum Gasteiger partial charge on any atom is 0.516 e. The molecule has 1 aromatic rings. The summed E-state index contributed by atoms with van der Waals surface area (Å²) >= 11 is 0. The first kappa shape index (κ1) is 22.5. The van der Waals surface area contributed by atoms with Gasteiger partial charge in [-0.2, -0.15) is 30.4 Å². The lowest BCUT2D eigenvalue weighted by Gasteiger charge is -2.15. The van der Waals surface area contributed by atoms with E-state index in [2.05, 4.69) is 16.1 Å². The van der Waals surface area contributed by atoms with Crippen LogP contribution in [-0.2, 0) is 19.6 Å². The van der Waals surface area contributed by atoms with Crippen LogP contribution in [-0.4, -0.2) is 33.1 Å². The van der Waals surface area contributed by atoms with Gasteiger partial charge >= 0.3 is 21.5 Å². The van der Waals surface area contributed by atoms with Gasteiger partial charge < -0.3 is 9.47 Å². The van der Waals surface area contributed by atoms with Crippen molar-refractivity contribution < 1.29 is 53.4 Å². The normalized spacial score (nSPS) is 11.9. The molecule has 0 saturated carbocycles. The summed E-state index contributed by atoms with van der Waals surface area (Å²) in [5, 5.41) is 0. The number of esters is 1. The summed E-state index contributed by atoms with van der Waals surface area (Å²) in [5.74, 6) is -12.1. The quantitative estimate of drug-likeness (QED) is 0.239. The summed E-state index contributed by atoms with van der Waals surface area (Å²) in [6, 6.07) is 0. The van der Waals surface area contributed by atoms with Crippen molar-refractivity contribution >= 4 is 21.7 Å². The first-order valence-corrected chi connectivity index (χ1v) is 8.09. The van der Waals surface area contributed by atoms with Crippen LogP contribution in [0.5, 0.6) is 5.75 Å². The van der Waals surface area contributed by atoms with Crippen LogP contribution in [0.4, 0.5) is 36.4 Å². The van der Waals surface area contributed by atoms with Gasteiger partial charge in [0.1, 0.15) is 18.9 Å². The van der Waals surface area contributed by atoms with Gasteiger partial charge in [-0.1, -0.05) is 6.58 Å². The highest BCUT2D eigenvalue weighted by Gasteiger charge is 2.47. The third kappa shape index (κ3) is 5.02. The highest BCUT2D eigenvalue weighted by Crippen LogP contribution is 2.35. The van der Waals surface area contributed by atoms with Crippen LogP contribution < -0.4 is 9.46 Å². The zero-order valence-electron chi connectivity index (χ0n) is 13.2. The Balaban J connectivity index is 3.09. The third-order valence-corrected chi connectivity index (χ3v) is 3.76. The molecular formula is C13H10F7NO5S. The number of sulfonamides is 1. The number of benzene rings is 1. The average Bonchev–Trinajstić information content (AvgIpc) is 2.54. The van der Waals surface area contributed by atoms with Crippen molar-refractivity contribution in [3.63, 3.8) is 0 Å². The van der Waals surface area contributed by atoms with E-state index in [9.17, 15) is 43.9 Å².